The van der Waals surface area contributed by atoms with Gasteiger partial charge in [0.05, 0.1) is 0 Å². The minimum atomic E-state index is 0.784. The lowest BCUT2D eigenvalue weighted by molar-refractivity contribution is 0.546. The average Bonchev–Trinajstić information content (AvgIpc) is 2.88. The maximum Gasteiger partial charge on any atom is 0.185 e. The summed E-state index contributed by atoms with van der Waals surface area (Å²) in [5, 5.41) is 4.74. The Morgan fingerprint density at radius 1 is 1.33 bits per heavy atom. The van der Waals surface area contributed by atoms with Gasteiger partial charge in [-0.2, -0.15) is 0 Å². The van der Waals surface area contributed by atoms with Crippen LogP contribution in [0.1, 0.15) is 43.4 Å². The van der Waals surface area contributed by atoms with Gasteiger partial charge in [0.15, 0.2) is 5.13 Å². The highest BCUT2D eigenvalue weighted by molar-refractivity contribution is 7.15. The molecule has 3 rings (SSSR count). The fourth-order valence-electron chi connectivity index (χ4n) is 2.75. The topological polar surface area (TPSA) is 28.2 Å². The third kappa shape index (κ3) is 3.23. The minimum absolute atomic E-state index is 0.784. The van der Waals surface area contributed by atoms with Crippen LogP contribution in [0.25, 0.3) is 0 Å². The van der Waals surface area contributed by atoms with Gasteiger partial charge in [0.25, 0.3) is 0 Å². The molecule has 1 aromatic heterocycles. The fourth-order valence-corrected chi connectivity index (χ4v) is 3.58. The van der Waals surface area contributed by atoms with Gasteiger partial charge in [-0.05, 0) is 31.6 Å². The highest BCUT2D eigenvalue weighted by Crippen LogP contribution is 2.29. The molecule has 2 aliphatic carbocycles. The maximum absolute atomic E-state index is 4.56. The van der Waals surface area contributed by atoms with E-state index in [2.05, 4.69) is 22.2 Å². The molecule has 2 aliphatic rings. The smallest absolute Gasteiger partial charge is 0.185 e. The Morgan fingerprint density at radius 2 is 2.11 bits per heavy atom. The van der Waals surface area contributed by atoms with Gasteiger partial charge >= 0.3 is 0 Å². The second-order valence-corrected chi connectivity index (χ2v) is 6.89. The molecule has 0 bridgehead atoms. The molecule has 1 heterocycles. The molecule has 0 amide bonds. The van der Waals surface area contributed by atoms with Crippen LogP contribution in [-0.2, 0) is 6.54 Å². The zero-order chi connectivity index (χ0) is 12.4. The van der Waals surface area contributed by atoms with Crippen LogP contribution in [0, 0.1) is 5.92 Å². The second kappa shape index (κ2) is 5.57. The van der Waals surface area contributed by atoms with Crippen molar-refractivity contribution >= 4 is 16.5 Å². The van der Waals surface area contributed by atoms with Crippen LogP contribution in [0.15, 0.2) is 6.20 Å². The van der Waals surface area contributed by atoms with Gasteiger partial charge in [-0.1, -0.05) is 12.8 Å². The zero-order valence-electron chi connectivity index (χ0n) is 11.2. The predicted octanol–water partition coefficient (Wildman–Crippen LogP) is 3.02. The Balaban J connectivity index is 1.50. The van der Waals surface area contributed by atoms with E-state index in [-0.39, 0.29) is 0 Å². The van der Waals surface area contributed by atoms with E-state index in [1.807, 2.05) is 17.5 Å². The summed E-state index contributed by atoms with van der Waals surface area (Å²) in [5.74, 6) is 0.895. The molecule has 0 spiro atoms. The van der Waals surface area contributed by atoms with Crippen LogP contribution in [0.3, 0.4) is 0 Å². The maximum atomic E-state index is 4.56. The zero-order valence-corrected chi connectivity index (χ0v) is 12.0. The average molecular weight is 265 g/mol. The van der Waals surface area contributed by atoms with Crippen LogP contribution in [0.5, 0.6) is 0 Å². The van der Waals surface area contributed by atoms with Crippen molar-refractivity contribution in [3.8, 4) is 0 Å². The molecular formula is C14H23N3S. The monoisotopic (exact) mass is 265 g/mol. The molecular weight excluding hydrogens is 242 g/mol. The van der Waals surface area contributed by atoms with E-state index < -0.39 is 0 Å². The molecule has 0 radical (unpaired) electrons. The van der Waals surface area contributed by atoms with E-state index in [0.717, 1.165) is 18.5 Å². The van der Waals surface area contributed by atoms with Crippen molar-refractivity contribution in [3.63, 3.8) is 0 Å². The Bertz CT molecular complexity index is 380. The van der Waals surface area contributed by atoms with E-state index in [4.69, 9.17) is 0 Å². The van der Waals surface area contributed by atoms with Crippen LogP contribution >= 0.6 is 11.3 Å². The third-order valence-corrected chi connectivity index (χ3v) is 5.13. The third-order valence-electron chi connectivity index (χ3n) is 4.02. The summed E-state index contributed by atoms with van der Waals surface area (Å²) >= 11 is 1.85. The van der Waals surface area contributed by atoms with Crippen molar-refractivity contribution in [2.45, 2.75) is 51.1 Å². The first-order valence-corrected chi connectivity index (χ1v) is 8.02. The number of nitrogens with one attached hydrogen (secondary N) is 1. The van der Waals surface area contributed by atoms with Crippen molar-refractivity contribution < 1.29 is 0 Å². The quantitative estimate of drug-likeness (QED) is 0.857. The second-order valence-electron chi connectivity index (χ2n) is 5.80. The first-order valence-electron chi connectivity index (χ1n) is 7.20. The number of anilines is 1. The van der Waals surface area contributed by atoms with E-state index in [9.17, 15) is 0 Å². The highest BCUT2D eigenvalue weighted by Gasteiger charge is 2.21. The Kier molecular flexibility index (Phi) is 3.85. The molecule has 1 aromatic rings. The van der Waals surface area contributed by atoms with Gasteiger partial charge in [0.1, 0.15) is 0 Å². The highest BCUT2D eigenvalue weighted by atomic mass is 32.1. The molecule has 4 heteroatoms. The van der Waals surface area contributed by atoms with E-state index in [1.54, 1.807) is 0 Å². The molecule has 2 saturated carbocycles. The predicted molar refractivity (Wildman–Crippen MR) is 77.2 cm³/mol. The van der Waals surface area contributed by atoms with Gasteiger partial charge in [-0.25, -0.2) is 4.98 Å². The fraction of sp³-hybridized carbons (Fsp3) is 0.786. The normalized spacial score (nSPS) is 20.5. The van der Waals surface area contributed by atoms with Gasteiger partial charge in [0, 0.05) is 37.3 Å². The summed E-state index contributed by atoms with van der Waals surface area (Å²) in [4.78, 5) is 8.28. The van der Waals surface area contributed by atoms with Gasteiger partial charge in [-0.3, -0.25) is 0 Å². The summed E-state index contributed by atoms with van der Waals surface area (Å²) in [5.41, 5.74) is 0. The van der Waals surface area contributed by atoms with Crippen molar-refractivity contribution in [2.24, 2.45) is 5.92 Å². The first-order chi connectivity index (χ1) is 8.81. The van der Waals surface area contributed by atoms with E-state index >= 15 is 0 Å². The van der Waals surface area contributed by atoms with Crippen LogP contribution < -0.4 is 10.2 Å². The molecule has 0 saturated heterocycles. The Labute approximate surface area is 114 Å². The lowest BCUT2D eigenvalue weighted by Crippen LogP contribution is -2.23. The molecule has 100 valence electrons. The van der Waals surface area contributed by atoms with Crippen molar-refractivity contribution in [1.82, 2.24) is 10.3 Å². The largest absolute Gasteiger partial charge is 0.351 e. The summed E-state index contributed by atoms with van der Waals surface area (Å²) in [6.07, 6.45) is 10.4. The summed E-state index contributed by atoms with van der Waals surface area (Å²) in [6, 6.07) is 0.784. The summed E-state index contributed by atoms with van der Waals surface area (Å²) < 4.78 is 0. The number of rotatable bonds is 6. The van der Waals surface area contributed by atoms with Gasteiger partial charge < -0.3 is 10.2 Å². The molecule has 0 aliphatic heterocycles. The molecule has 0 aromatic carbocycles. The summed E-state index contributed by atoms with van der Waals surface area (Å²) in [6.45, 7) is 2.18. The van der Waals surface area contributed by atoms with Crippen LogP contribution in [0.4, 0.5) is 5.13 Å². The molecule has 0 atom stereocenters. The molecule has 1 N–H and O–H groups in total. The van der Waals surface area contributed by atoms with Gasteiger partial charge in [0.2, 0.25) is 0 Å². The number of nitrogens with zero attached hydrogens (tertiary/aromatic N) is 2. The molecule has 0 unspecified atom stereocenters. The van der Waals surface area contributed by atoms with Crippen molar-refractivity contribution in [3.05, 3.63) is 11.1 Å². The molecule has 3 nitrogen and oxygen atoms in total. The lowest BCUT2D eigenvalue weighted by Gasteiger charge is -2.19. The summed E-state index contributed by atoms with van der Waals surface area (Å²) in [7, 11) is 2.19. The van der Waals surface area contributed by atoms with Gasteiger partial charge in [-0.15, -0.1) is 11.3 Å². The SMILES string of the molecule is CN(CC1CCCC1)c1ncc(CNC2CC2)s1. The number of hydrogen-bond acceptors (Lipinski definition) is 4. The molecule has 2 fully saturated rings. The Morgan fingerprint density at radius 3 is 2.83 bits per heavy atom. The standard InChI is InChI=1S/C14H23N3S/c1-17(10-11-4-2-3-5-11)14-16-9-13(18-14)8-15-12-6-7-12/h9,11-12,15H,2-8,10H2,1H3. The van der Waals surface area contributed by atoms with Crippen molar-refractivity contribution in [2.75, 3.05) is 18.5 Å². The van der Waals surface area contributed by atoms with Crippen LogP contribution in [-0.4, -0.2) is 24.6 Å². The van der Waals surface area contributed by atoms with Crippen LogP contribution in [0.2, 0.25) is 0 Å². The number of aromatic nitrogens is 1. The molecule has 18 heavy (non-hydrogen) atoms. The number of thiazole rings is 1. The first kappa shape index (κ1) is 12.4. The minimum Gasteiger partial charge on any atom is -0.351 e. The van der Waals surface area contributed by atoms with Crippen molar-refractivity contribution in [1.29, 1.82) is 0 Å². The lowest BCUT2D eigenvalue weighted by atomic mass is 10.1. The van der Waals surface area contributed by atoms with E-state index in [1.165, 1.54) is 55.1 Å². The number of hydrogen-bond donors (Lipinski definition) is 1. The Hall–Kier alpha value is -0.610. The van der Waals surface area contributed by atoms with E-state index in [0.29, 0.717) is 0 Å².